The first kappa shape index (κ1) is 17.7. The topological polar surface area (TPSA) is 108 Å². The molecule has 0 aliphatic rings. The Morgan fingerprint density at radius 3 is 2.24 bits per heavy atom. The number of carbonyl (C=O) groups excluding carboxylic acids is 2. The molecule has 8 nitrogen and oxygen atoms in total. The Bertz CT molecular complexity index is 784. The lowest BCUT2D eigenvalue weighted by atomic mass is 10.3. The number of carbonyl (C=O) groups is 2. The Morgan fingerprint density at radius 1 is 1.08 bits per heavy atom. The lowest BCUT2D eigenvalue weighted by Crippen LogP contribution is -2.17. The minimum atomic E-state index is -0.655. The van der Waals surface area contributed by atoms with E-state index in [0.29, 0.717) is 11.4 Å². The predicted molar refractivity (Wildman–Crippen MR) is 89.5 cm³/mol. The summed E-state index contributed by atoms with van der Waals surface area (Å²) in [6.45, 7) is 3.01. The number of hydrogen-bond acceptors (Lipinski definition) is 6. The van der Waals surface area contributed by atoms with E-state index in [1.165, 1.54) is 24.3 Å². The van der Waals surface area contributed by atoms with Crippen molar-refractivity contribution in [2.24, 2.45) is 0 Å². The van der Waals surface area contributed by atoms with Gasteiger partial charge in [-0.2, -0.15) is 0 Å². The van der Waals surface area contributed by atoms with Gasteiger partial charge >= 0.3 is 5.97 Å². The standard InChI is InChI=1S/C17H14N2O6/c1-2-16(20)18-12-3-7-14(8-4-12)24-11-17(21)25-15-9-5-13(6-10-15)19(22)23/h2-10H,1,11H2,(H,18,20). The summed E-state index contributed by atoms with van der Waals surface area (Å²) >= 11 is 0. The second kappa shape index (κ2) is 8.25. The monoisotopic (exact) mass is 342 g/mol. The molecule has 0 aromatic heterocycles. The van der Waals surface area contributed by atoms with E-state index in [1.807, 2.05) is 0 Å². The van der Waals surface area contributed by atoms with Gasteiger partial charge in [0.05, 0.1) is 4.92 Å². The summed E-state index contributed by atoms with van der Waals surface area (Å²) in [7, 11) is 0. The predicted octanol–water partition coefficient (Wildman–Crippen LogP) is 2.70. The van der Waals surface area contributed by atoms with Crippen molar-refractivity contribution in [1.82, 2.24) is 0 Å². The van der Waals surface area contributed by atoms with E-state index < -0.39 is 10.9 Å². The van der Waals surface area contributed by atoms with Crippen molar-refractivity contribution in [3.8, 4) is 11.5 Å². The van der Waals surface area contributed by atoms with Crippen LogP contribution in [0.5, 0.6) is 11.5 Å². The minimum absolute atomic E-state index is 0.0975. The number of hydrogen-bond donors (Lipinski definition) is 1. The fourth-order valence-electron chi connectivity index (χ4n) is 1.77. The van der Waals surface area contributed by atoms with Crippen LogP contribution in [0.3, 0.4) is 0 Å². The number of non-ortho nitro benzene ring substituents is 1. The van der Waals surface area contributed by atoms with Crippen LogP contribution < -0.4 is 14.8 Å². The molecule has 0 unspecified atom stereocenters. The Kier molecular flexibility index (Phi) is 5.83. The highest BCUT2D eigenvalue weighted by molar-refractivity contribution is 5.98. The van der Waals surface area contributed by atoms with Crippen molar-refractivity contribution >= 4 is 23.3 Å². The zero-order valence-electron chi connectivity index (χ0n) is 13.0. The van der Waals surface area contributed by atoms with Gasteiger partial charge in [-0.25, -0.2) is 4.79 Å². The SMILES string of the molecule is C=CC(=O)Nc1ccc(OCC(=O)Oc2ccc([N+](=O)[O-])cc2)cc1. The highest BCUT2D eigenvalue weighted by atomic mass is 16.6. The van der Waals surface area contributed by atoms with Crippen LogP contribution in [0.4, 0.5) is 11.4 Å². The fourth-order valence-corrected chi connectivity index (χ4v) is 1.77. The summed E-state index contributed by atoms with van der Waals surface area (Å²) < 4.78 is 10.3. The van der Waals surface area contributed by atoms with Gasteiger partial charge in [-0.05, 0) is 42.5 Å². The summed E-state index contributed by atoms with van der Waals surface area (Å²) in [4.78, 5) is 32.9. The molecule has 2 aromatic rings. The van der Waals surface area contributed by atoms with Gasteiger partial charge in [-0.3, -0.25) is 14.9 Å². The van der Waals surface area contributed by atoms with Crippen molar-refractivity contribution in [3.05, 3.63) is 71.3 Å². The van der Waals surface area contributed by atoms with E-state index in [9.17, 15) is 19.7 Å². The Morgan fingerprint density at radius 2 is 1.68 bits per heavy atom. The third kappa shape index (κ3) is 5.47. The average Bonchev–Trinajstić information content (AvgIpc) is 2.61. The Hall–Kier alpha value is -3.68. The number of nitro groups is 1. The van der Waals surface area contributed by atoms with Gasteiger partial charge in [0.1, 0.15) is 11.5 Å². The van der Waals surface area contributed by atoms with Crippen molar-refractivity contribution < 1.29 is 24.0 Å². The fraction of sp³-hybridized carbons (Fsp3) is 0.0588. The van der Waals surface area contributed by atoms with Crippen LogP contribution in [0, 0.1) is 10.1 Å². The molecule has 8 heteroatoms. The highest BCUT2D eigenvalue weighted by Crippen LogP contribution is 2.18. The normalized spacial score (nSPS) is 9.76. The molecule has 0 atom stereocenters. The number of rotatable bonds is 7. The molecule has 0 fully saturated rings. The highest BCUT2D eigenvalue weighted by Gasteiger charge is 2.09. The van der Waals surface area contributed by atoms with Crippen molar-refractivity contribution in [2.45, 2.75) is 0 Å². The van der Waals surface area contributed by atoms with E-state index in [-0.39, 0.29) is 24.0 Å². The van der Waals surface area contributed by atoms with Crippen LogP contribution in [0.25, 0.3) is 0 Å². The van der Waals surface area contributed by atoms with E-state index in [0.717, 1.165) is 6.08 Å². The minimum Gasteiger partial charge on any atom is -0.482 e. The lowest BCUT2D eigenvalue weighted by Gasteiger charge is -2.08. The Labute approximate surface area is 142 Å². The number of ether oxygens (including phenoxy) is 2. The largest absolute Gasteiger partial charge is 0.482 e. The number of esters is 1. The van der Waals surface area contributed by atoms with Gasteiger partial charge in [0.2, 0.25) is 5.91 Å². The first-order valence-electron chi connectivity index (χ1n) is 7.09. The van der Waals surface area contributed by atoms with E-state index >= 15 is 0 Å². The lowest BCUT2D eigenvalue weighted by molar-refractivity contribution is -0.384. The van der Waals surface area contributed by atoms with E-state index in [2.05, 4.69) is 11.9 Å². The molecule has 0 saturated carbocycles. The number of anilines is 1. The maximum absolute atomic E-state index is 11.7. The molecular weight excluding hydrogens is 328 g/mol. The van der Waals surface area contributed by atoms with Crippen LogP contribution >= 0.6 is 0 Å². The first-order valence-corrected chi connectivity index (χ1v) is 7.09. The van der Waals surface area contributed by atoms with Gasteiger partial charge in [0.25, 0.3) is 5.69 Å². The quantitative estimate of drug-likeness (QED) is 0.272. The van der Waals surface area contributed by atoms with Crippen molar-refractivity contribution in [3.63, 3.8) is 0 Å². The summed E-state index contributed by atoms with van der Waals surface area (Å²) in [5.41, 5.74) is 0.463. The molecule has 1 N–H and O–H groups in total. The van der Waals surface area contributed by atoms with Gasteiger partial charge in [-0.1, -0.05) is 6.58 Å². The number of nitrogens with zero attached hydrogens (tertiary/aromatic N) is 1. The molecule has 25 heavy (non-hydrogen) atoms. The molecule has 0 aliphatic carbocycles. The second-order valence-electron chi connectivity index (χ2n) is 4.73. The molecule has 1 amide bonds. The molecule has 0 heterocycles. The van der Waals surface area contributed by atoms with Crippen LogP contribution in [-0.4, -0.2) is 23.4 Å². The molecular formula is C17H14N2O6. The van der Waals surface area contributed by atoms with Crippen LogP contribution in [0.15, 0.2) is 61.2 Å². The molecule has 0 bridgehead atoms. The number of nitro benzene ring substituents is 1. The third-order valence-corrected chi connectivity index (χ3v) is 2.94. The van der Waals surface area contributed by atoms with Crippen LogP contribution in [0.1, 0.15) is 0 Å². The smallest absolute Gasteiger partial charge is 0.349 e. The molecule has 2 rings (SSSR count). The maximum Gasteiger partial charge on any atom is 0.349 e. The van der Waals surface area contributed by atoms with Gasteiger partial charge in [0.15, 0.2) is 6.61 Å². The van der Waals surface area contributed by atoms with Crippen molar-refractivity contribution in [1.29, 1.82) is 0 Å². The van der Waals surface area contributed by atoms with Crippen molar-refractivity contribution in [2.75, 3.05) is 11.9 Å². The summed E-state index contributed by atoms with van der Waals surface area (Å²) in [5, 5.41) is 13.1. The molecule has 0 aliphatic heterocycles. The summed E-state index contributed by atoms with van der Waals surface area (Å²) in [6, 6.07) is 11.5. The molecule has 0 radical (unpaired) electrons. The van der Waals surface area contributed by atoms with Crippen LogP contribution in [-0.2, 0) is 9.59 Å². The van der Waals surface area contributed by atoms with Gasteiger partial charge in [-0.15, -0.1) is 0 Å². The zero-order chi connectivity index (χ0) is 18.2. The molecule has 2 aromatic carbocycles. The van der Waals surface area contributed by atoms with Gasteiger partial charge < -0.3 is 14.8 Å². The van der Waals surface area contributed by atoms with Crippen LogP contribution in [0.2, 0.25) is 0 Å². The number of benzene rings is 2. The van der Waals surface area contributed by atoms with Gasteiger partial charge in [0, 0.05) is 17.8 Å². The number of nitrogens with one attached hydrogen (secondary N) is 1. The summed E-state index contributed by atoms with van der Waals surface area (Å²) in [6.07, 6.45) is 1.15. The third-order valence-electron chi connectivity index (χ3n) is 2.94. The zero-order valence-corrected chi connectivity index (χ0v) is 13.0. The molecule has 0 saturated heterocycles. The second-order valence-corrected chi connectivity index (χ2v) is 4.73. The number of amides is 1. The Balaban J connectivity index is 1.84. The average molecular weight is 342 g/mol. The molecule has 0 spiro atoms. The molecule has 128 valence electrons. The van der Waals surface area contributed by atoms with E-state index in [4.69, 9.17) is 9.47 Å². The first-order chi connectivity index (χ1) is 12.0. The summed E-state index contributed by atoms with van der Waals surface area (Å²) in [5.74, 6) is -0.392. The van der Waals surface area contributed by atoms with E-state index in [1.54, 1.807) is 24.3 Å². The maximum atomic E-state index is 11.7.